The molecule has 5 nitrogen and oxygen atoms in total. The number of rotatable bonds is 4. The predicted molar refractivity (Wildman–Crippen MR) is 80.4 cm³/mol. The molecular formula is C16H22N2O3. The largest absolute Gasteiger partial charge is 0.378 e. The molecule has 0 bridgehead atoms. The molecule has 2 amide bonds. The van der Waals surface area contributed by atoms with Gasteiger partial charge in [0.25, 0.3) is 11.8 Å². The van der Waals surface area contributed by atoms with E-state index in [1.54, 1.807) is 34.1 Å². The van der Waals surface area contributed by atoms with Crippen molar-refractivity contribution < 1.29 is 14.3 Å². The number of carbonyl (C=O) groups is 2. The molecular weight excluding hydrogens is 268 g/mol. The molecule has 114 valence electrons. The molecule has 2 rings (SSSR count). The zero-order valence-electron chi connectivity index (χ0n) is 12.7. The normalized spacial score (nSPS) is 14.9. The molecule has 0 radical (unpaired) electrons. The molecule has 21 heavy (non-hydrogen) atoms. The minimum absolute atomic E-state index is 0.0309. The Labute approximate surface area is 125 Å². The van der Waals surface area contributed by atoms with Crippen molar-refractivity contribution in [3.8, 4) is 0 Å². The summed E-state index contributed by atoms with van der Waals surface area (Å²) in [5.41, 5.74) is 1.13. The number of hydrogen-bond donors (Lipinski definition) is 0. The first-order valence-corrected chi connectivity index (χ1v) is 7.43. The number of ether oxygens (including phenoxy) is 1. The van der Waals surface area contributed by atoms with Crippen LogP contribution in [0.1, 0.15) is 34.6 Å². The van der Waals surface area contributed by atoms with Crippen molar-refractivity contribution in [3.05, 3.63) is 35.4 Å². The van der Waals surface area contributed by atoms with Crippen LogP contribution in [0.2, 0.25) is 0 Å². The lowest BCUT2D eigenvalue weighted by Crippen LogP contribution is -2.40. The van der Waals surface area contributed by atoms with E-state index in [-0.39, 0.29) is 11.8 Å². The number of carbonyl (C=O) groups excluding carboxylic acids is 2. The Morgan fingerprint density at radius 2 is 1.76 bits per heavy atom. The molecule has 0 spiro atoms. The summed E-state index contributed by atoms with van der Waals surface area (Å²) in [7, 11) is 0. The average Bonchev–Trinajstić information content (AvgIpc) is 2.56. The summed E-state index contributed by atoms with van der Waals surface area (Å²) in [4.78, 5) is 28.3. The smallest absolute Gasteiger partial charge is 0.254 e. The van der Waals surface area contributed by atoms with E-state index >= 15 is 0 Å². The highest BCUT2D eigenvalue weighted by molar-refractivity contribution is 5.99. The molecule has 0 aliphatic carbocycles. The number of benzene rings is 1. The second kappa shape index (κ2) is 7.22. The molecule has 1 aromatic carbocycles. The Morgan fingerprint density at radius 3 is 2.38 bits per heavy atom. The summed E-state index contributed by atoms with van der Waals surface area (Å²) >= 11 is 0. The fourth-order valence-corrected chi connectivity index (χ4v) is 2.43. The monoisotopic (exact) mass is 290 g/mol. The Balaban J connectivity index is 2.16. The van der Waals surface area contributed by atoms with Gasteiger partial charge in [0.2, 0.25) is 0 Å². The lowest BCUT2D eigenvalue weighted by molar-refractivity contribution is 0.0303. The molecule has 0 saturated carbocycles. The summed E-state index contributed by atoms with van der Waals surface area (Å²) in [6, 6.07) is 6.98. The van der Waals surface area contributed by atoms with Gasteiger partial charge in [-0.05, 0) is 32.0 Å². The molecule has 1 aliphatic heterocycles. The van der Waals surface area contributed by atoms with Gasteiger partial charge in [-0.2, -0.15) is 0 Å². The topological polar surface area (TPSA) is 49.9 Å². The third kappa shape index (κ3) is 3.61. The van der Waals surface area contributed by atoms with Gasteiger partial charge in [-0.3, -0.25) is 9.59 Å². The first kappa shape index (κ1) is 15.5. The SMILES string of the molecule is CCN(CC)C(=O)c1cccc(C(=O)N2CCOCC2)c1. The van der Waals surface area contributed by atoms with Gasteiger partial charge in [0.05, 0.1) is 13.2 Å². The number of hydrogen-bond acceptors (Lipinski definition) is 3. The minimum atomic E-state index is -0.0347. The van der Waals surface area contributed by atoms with E-state index in [0.717, 1.165) is 0 Å². The van der Waals surface area contributed by atoms with E-state index in [9.17, 15) is 9.59 Å². The van der Waals surface area contributed by atoms with Crippen molar-refractivity contribution >= 4 is 11.8 Å². The Hall–Kier alpha value is -1.88. The molecule has 1 heterocycles. The summed E-state index contributed by atoms with van der Waals surface area (Å²) in [5.74, 6) is -0.0656. The summed E-state index contributed by atoms with van der Waals surface area (Å²) in [6.07, 6.45) is 0. The van der Waals surface area contributed by atoms with Crippen LogP contribution in [0.5, 0.6) is 0 Å². The number of nitrogens with zero attached hydrogens (tertiary/aromatic N) is 2. The first-order chi connectivity index (χ1) is 10.2. The lowest BCUT2D eigenvalue weighted by atomic mass is 10.1. The van der Waals surface area contributed by atoms with Crippen molar-refractivity contribution in [3.63, 3.8) is 0 Å². The fraction of sp³-hybridized carbons (Fsp3) is 0.500. The Morgan fingerprint density at radius 1 is 1.14 bits per heavy atom. The standard InChI is InChI=1S/C16H22N2O3/c1-3-17(4-2)15(19)13-6-5-7-14(12-13)16(20)18-8-10-21-11-9-18/h5-7,12H,3-4,8-11H2,1-2H3. The Bertz CT molecular complexity index is 506. The van der Waals surface area contributed by atoms with Gasteiger partial charge in [-0.1, -0.05) is 6.07 Å². The highest BCUT2D eigenvalue weighted by atomic mass is 16.5. The van der Waals surface area contributed by atoms with E-state index in [1.165, 1.54) is 0 Å². The predicted octanol–water partition coefficient (Wildman–Crippen LogP) is 1.64. The minimum Gasteiger partial charge on any atom is -0.378 e. The molecule has 0 unspecified atom stereocenters. The first-order valence-electron chi connectivity index (χ1n) is 7.43. The van der Waals surface area contributed by atoms with Crippen LogP contribution < -0.4 is 0 Å². The van der Waals surface area contributed by atoms with Crippen LogP contribution in [-0.2, 0) is 4.74 Å². The van der Waals surface area contributed by atoms with E-state index in [0.29, 0.717) is 50.5 Å². The lowest BCUT2D eigenvalue weighted by Gasteiger charge is -2.27. The molecule has 1 aromatic rings. The highest BCUT2D eigenvalue weighted by Crippen LogP contribution is 2.12. The van der Waals surface area contributed by atoms with Gasteiger partial charge in [0.15, 0.2) is 0 Å². The van der Waals surface area contributed by atoms with Crippen LogP contribution in [0.15, 0.2) is 24.3 Å². The van der Waals surface area contributed by atoms with Crippen LogP contribution in [0.3, 0.4) is 0 Å². The maximum Gasteiger partial charge on any atom is 0.254 e. The van der Waals surface area contributed by atoms with Gasteiger partial charge in [0.1, 0.15) is 0 Å². The zero-order valence-corrected chi connectivity index (χ0v) is 12.7. The van der Waals surface area contributed by atoms with Gasteiger partial charge in [-0.25, -0.2) is 0 Å². The van der Waals surface area contributed by atoms with Crippen LogP contribution in [-0.4, -0.2) is 61.0 Å². The van der Waals surface area contributed by atoms with E-state index in [2.05, 4.69) is 0 Å². The Kier molecular flexibility index (Phi) is 5.33. The molecule has 5 heteroatoms. The summed E-state index contributed by atoms with van der Waals surface area (Å²) in [6.45, 7) is 7.58. The zero-order chi connectivity index (χ0) is 15.2. The van der Waals surface area contributed by atoms with Crippen molar-refractivity contribution in [2.75, 3.05) is 39.4 Å². The van der Waals surface area contributed by atoms with Crippen LogP contribution in [0, 0.1) is 0 Å². The second-order valence-electron chi connectivity index (χ2n) is 4.96. The summed E-state index contributed by atoms with van der Waals surface area (Å²) in [5, 5.41) is 0. The van der Waals surface area contributed by atoms with Crippen molar-refractivity contribution in [1.29, 1.82) is 0 Å². The fourth-order valence-electron chi connectivity index (χ4n) is 2.43. The molecule has 0 atom stereocenters. The molecule has 1 fully saturated rings. The van der Waals surface area contributed by atoms with E-state index in [1.807, 2.05) is 13.8 Å². The average molecular weight is 290 g/mol. The highest BCUT2D eigenvalue weighted by Gasteiger charge is 2.20. The van der Waals surface area contributed by atoms with E-state index in [4.69, 9.17) is 4.74 Å². The van der Waals surface area contributed by atoms with Crippen molar-refractivity contribution in [2.24, 2.45) is 0 Å². The molecule has 0 aromatic heterocycles. The van der Waals surface area contributed by atoms with Gasteiger partial charge in [-0.15, -0.1) is 0 Å². The van der Waals surface area contributed by atoms with Crippen LogP contribution >= 0.6 is 0 Å². The second-order valence-corrected chi connectivity index (χ2v) is 4.96. The van der Waals surface area contributed by atoms with E-state index < -0.39 is 0 Å². The number of amides is 2. The third-order valence-corrected chi connectivity index (χ3v) is 3.71. The summed E-state index contributed by atoms with van der Waals surface area (Å²) < 4.78 is 5.25. The van der Waals surface area contributed by atoms with Crippen molar-refractivity contribution in [1.82, 2.24) is 9.80 Å². The maximum atomic E-state index is 12.4. The van der Waals surface area contributed by atoms with Crippen LogP contribution in [0.4, 0.5) is 0 Å². The molecule has 0 N–H and O–H groups in total. The molecule has 1 saturated heterocycles. The van der Waals surface area contributed by atoms with Gasteiger partial charge >= 0.3 is 0 Å². The third-order valence-electron chi connectivity index (χ3n) is 3.71. The number of morpholine rings is 1. The quantitative estimate of drug-likeness (QED) is 0.847. The molecule has 1 aliphatic rings. The maximum absolute atomic E-state index is 12.4. The van der Waals surface area contributed by atoms with Gasteiger partial charge < -0.3 is 14.5 Å². The van der Waals surface area contributed by atoms with Gasteiger partial charge in [0, 0.05) is 37.3 Å². The van der Waals surface area contributed by atoms with Crippen LogP contribution in [0.25, 0.3) is 0 Å². The van der Waals surface area contributed by atoms with Crippen molar-refractivity contribution in [2.45, 2.75) is 13.8 Å².